The van der Waals surface area contributed by atoms with Gasteiger partial charge in [-0.05, 0) is 37.5 Å². The summed E-state index contributed by atoms with van der Waals surface area (Å²) in [5.74, 6) is 0.893. The second-order valence-electron chi connectivity index (χ2n) is 5.10. The topological polar surface area (TPSA) is 54.7 Å². The predicted molar refractivity (Wildman–Crippen MR) is 81.1 cm³/mol. The molecule has 0 bridgehead atoms. The van der Waals surface area contributed by atoms with Gasteiger partial charge in [0.15, 0.2) is 0 Å². The molecule has 0 radical (unpaired) electrons. The molecule has 0 unspecified atom stereocenters. The highest BCUT2D eigenvalue weighted by Gasteiger charge is 2.19. The lowest BCUT2D eigenvalue weighted by Crippen LogP contribution is -2.14. The Balaban J connectivity index is 1.72. The first kappa shape index (κ1) is 13.6. The molecule has 0 fully saturated rings. The minimum Gasteiger partial charge on any atom is -0.493 e. The predicted octanol–water partition coefficient (Wildman–Crippen LogP) is 3.22. The summed E-state index contributed by atoms with van der Waals surface area (Å²) in [6, 6.07) is 11.8. The Morgan fingerprint density at radius 3 is 2.90 bits per heavy atom. The van der Waals surface area contributed by atoms with E-state index in [0.29, 0.717) is 6.61 Å². The molecule has 0 amide bonds. The number of fused-ring (bicyclic) bond motifs is 1. The first-order valence-electron chi connectivity index (χ1n) is 7.24. The van der Waals surface area contributed by atoms with Crippen LogP contribution in [0.15, 0.2) is 47.8 Å². The first-order valence-corrected chi connectivity index (χ1v) is 7.24. The van der Waals surface area contributed by atoms with E-state index in [4.69, 9.17) is 9.94 Å². The molecule has 0 atom stereocenters. The second-order valence-corrected chi connectivity index (χ2v) is 5.10. The molecule has 0 saturated heterocycles. The van der Waals surface area contributed by atoms with E-state index in [1.165, 1.54) is 0 Å². The van der Waals surface area contributed by atoms with Gasteiger partial charge in [0.1, 0.15) is 5.75 Å². The molecule has 0 saturated carbocycles. The molecular weight excluding hydrogens is 264 g/mol. The van der Waals surface area contributed by atoms with Crippen molar-refractivity contribution in [2.45, 2.75) is 25.7 Å². The minimum atomic E-state index is 0.596. The van der Waals surface area contributed by atoms with Crippen molar-refractivity contribution in [3.8, 4) is 5.75 Å². The second kappa shape index (κ2) is 6.39. The van der Waals surface area contributed by atoms with Crippen molar-refractivity contribution < 1.29 is 9.94 Å². The summed E-state index contributed by atoms with van der Waals surface area (Å²) in [5.41, 5.74) is 3.95. The quantitative estimate of drug-likeness (QED) is 0.692. The standard InChI is InChI=1S/C17H18N2O2/c20-19-16-8-3-7-15-14(16)6-4-9-17(15)21-12-10-13-5-1-2-11-18-13/h1-2,4-6,9,11,20H,3,7-8,10,12H2. The smallest absolute Gasteiger partial charge is 0.123 e. The highest BCUT2D eigenvalue weighted by Crippen LogP contribution is 2.30. The number of nitrogens with zero attached hydrogens (tertiary/aromatic N) is 2. The summed E-state index contributed by atoms with van der Waals surface area (Å²) in [5, 5.41) is 12.5. The molecule has 1 aliphatic carbocycles. The summed E-state index contributed by atoms with van der Waals surface area (Å²) in [7, 11) is 0. The van der Waals surface area contributed by atoms with Crippen molar-refractivity contribution in [3.63, 3.8) is 0 Å². The summed E-state index contributed by atoms with van der Waals surface area (Å²) in [4.78, 5) is 4.29. The van der Waals surface area contributed by atoms with E-state index in [-0.39, 0.29) is 0 Å². The molecule has 3 rings (SSSR count). The number of hydrogen-bond donors (Lipinski definition) is 1. The normalized spacial score (nSPS) is 15.7. The number of ether oxygens (including phenoxy) is 1. The van der Waals surface area contributed by atoms with Crippen molar-refractivity contribution in [1.29, 1.82) is 0 Å². The van der Waals surface area contributed by atoms with Crippen LogP contribution in [0.25, 0.3) is 0 Å². The lowest BCUT2D eigenvalue weighted by atomic mass is 9.89. The van der Waals surface area contributed by atoms with Crippen LogP contribution >= 0.6 is 0 Å². The number of pyridine rings is 1. The molecular formula is C17H18N2O2. The lowest BCUT2D eigenvalue weighted by molar-refractivity contribution is 0.313. The Kier molecular flexibility index (Phi) is 4.15. The Labute approximate surface area is 124 Å². The number of aromatic nitrogens is 1. The van der Waals surface area contributed by atoms with Gasteiger partial charge < -0.3 is 9.94 Å². The molecule has 21 heavy (non-hydrogen) atoms. The van der Waals surface area contributed by atoms with Crippen LogP contribution in [0.4, 0.5) is 0 Å². The summed E-state index contributed by atoms with van der Waals surface area (Å²) in [6.07, 6.45) is 5.36. The fraction of sp³-hybridized carbons (Fsp3) is 0.294. The Hall–Kier alpha value is -2.36. The lowest BCUT2D eigenvalue weighted by Gasteiger charge is -2.20. The van der Waals surface area contributed by atoms with Gasteiger partial charge in [-0.1, -0.05) is 23.4 Å². The zero-order chi connectivity index (χ0) is 14.5. The molecule has 0 aliphatic heterocycles. The highest BCUT2D eigenvalue weighted by atomic mass is 16.5. The number of benzene rings is 1. The zero-order valence-electron chi connectivity index (χ0n) is 11.8. The van der Waals surface area contributed by atoms with E-state index in [9.17, 15) is 0 Å². The van der Waals surface area contributed by atoms with Crippen LogP contribution in [0.3, 0.4) is 0 Å². The van der Waals surface area contributed by atoms with Crippen molar-refractivity contribution in [2.75, 3.05) is 6.61 Å². The van der Waals surface area contributed by atoms with Crippen molar-refractivity contribution >= 4 is 5.71 Å². The molecule has 1 aromatic carbocycles. The summed E-state index contributed by atoms with van der Waals surface area (Å²) < 4.78 is 5.92. The van der Waals surface area contributed by atoms with Crippen molar-refractivity contribution in [1.82, 2.24) is 4.98 Å². The Bertz CT molecular complexity index is 638. The monoisotopic (exact) mass is 282 g/mol. The zero-order valence-corrected chi connectivity index (χ0v) is 11.8. The van der Waals surface area contributed by atoms with E-state index in [0.717, 1.165) is 54.0 Å². The maximum atomic E-state index is 9.09. The first-order chi connectivity index (χ1) is 10.4. The van der Waals surface area contributed by atoms with Gasteiger partial charge in [0, 0.05) is 29.4 Å². The van der Waals surface area contributed by atoms with Gasteiger partial charge in [-0.15, -0.1) is 0 Å². The highest BCUT2D eigenvalue weighted by molar-refractivity contribution is 6.02. The average molecular weight is 282 g/mol. The van der Waals surface area contributed by atoms with Crippen LogP contribution in [0.2, 0.25) is 0 Å². The van der Waals surface area contributed by atoms with Gasteiger partial charge in [0.05, 0.1) is 12.3 Å². The van der Waals surface area contributed by atoms with Gasteiger partial charge in [-0.2, -0.15) is 0 Å². The van der Waals surface area contributed by atoms with Crippen LogP contribution in [0, 0.1) is 0 Å². The molecule has 1 aromatic heterocycles. The van der Waals surface area contributed by atoms with E-state index in [2.05, 4.69) is 10.1 Å². The SMILES string of the molecule is ON=C1CCCc2c(OCCc3ccccn3)cccc21. The van der Waals surface area contributed by atoms with Gasteiger partial charge in [0.2, 0.25) is 0 Å². The average Bonchev–Trinajstić information content (AvgIpc) is 2.55. The van der Waals surface area contributed by atoms with Crippen LogP contribution in [-0.4, -0.2) is 22.5 Å². The molecule has 108 valence electrons. The van der Waals surface area contributed by atoms with Crippen LogP contribution in [0.5, 0.6) is 5.75 Å². The third-order valence-corrected chi connectivity index (χ3v) is 3.75. The maximum absolute atomic E-state index is 9.09. The fourth-order valence-corrected chi connectivity index (χ4v) is 2.71. The molecule has 4 heteroatoms. The Morgan fingerprint density at radius 2 is 2.10 bits per heavy atom. The van der Waals surface area contributed by atoms with Gasteiger partial charge in [-0.25, -0.2) is 0 Å². The molecule has 1 aliphatic rings. The van der Waals surface area contributed by atoms with Gasteiger partial charge in [-0.3, -0.25) is 4.98 Å². The van der Waals surface area contributed by atoms with Crippen LogP contribution in [-0.2, 0) is 12.8 Å². The van der Waals surface area contributed by atoms with Gasteiger partial charge >= 0.3 is 0 Å². The minimum absolute atomic E-state index is 0.596. The molecule has 2 aromatic rings. The van der Waals surface area contributed by atoms with Gasteiger partial charge in [0.25, 0.3) is 0 Å². The number of rotatable bonds is 4. The van der Waals surface area contributed by atoms with Crippen molar-refractivity contribution in [2.24, 2.45) is 5.16 Å². The summed E-state index contributed by atoms with van der Waals surface area (Å²) >= 11 is 0. The maximum Gasteiger partial charge on any atom is 0.123 e. The Morgan fingerprint density at radius 1 is 1.14 bits per heavy atom. The van der Waals surface area contributed by atoms with Crippen molar-refractivity contribution in [3.05, 3.63) is 59.4 Å². The van der Waals surface area contributed by atoms with Crippen LogP contribution < -0.4 is 4.74 Å². The molecule has 0 spiro atoms. The fourth-order valence-electron chi connectivity index (χ4n) is 2.71. The molecule has 1 heterocycles. The number of hydrogen-bond acceptors (Lipinski definition) is 4. The van der Waals surface area contributed by atoms with E-state index < -0.39 is 0 Å². The summed E-state index contributed by atoms with van der Waals surface area (Å²) in [6.45, 7) is 0.596. The third-order valence-electron chi connectivity index (χ3n) is 3.75. The van der Waals surface area contributed by atoms with E-state index in [1.54, 1.807) is 6.20 Å². The van der Waals surface area contributed by atoms with E-state index in [1.807, 2.05) is 36.4 Å². The largest absolute Gasteiger partial charge is 0.493 e. The molecule has 1 N–H and O–H groups in total. The van der Waals surface area contributed by atoms with Crippen LogP contribution in [0.1, 0.15) is 29.7 Å². The van der Waals surface area contributed by atoms with E-state index >= 15 is 0 Å². The number of oxime groups is 1. The third kappa shape index (κ3) is 3.05. The molecule has 4 nitrogen and oxygen atoms in total.